The molecule has 1 saturated heterocycles. The maximum Gasteiger partial charge on any atom is 0.263 e. The van der Waals surface area contributed by atoms with E-state index in [-0.39, 0.29) is 18.4 Å². The molecule has 9 heteroatoms. The van der Waals surface area contributed by atoms with Crippen molar-refractivity contribution >= 4 is 40.4 Å². The van der Waals surface area contributed by atoms with Crippen LogP contribution < -0.4 is 10.2 Å². The zero-order chi connectivity index (χ0) is 22.0. The number of aromatic nitrogens is 1. The molecule has 7 nitrogen and oxygen atoms in total. The van der Waals surface area contributed by atoms with E-state index in [9.17, 15) is 9.59 Å². The van der Waals surface area contributed by atoms with Gasteiger partial charge < -0.3 is 19.5 Å². The van der Waals surface area contributed by atoms with E-state index < -0.39 is 0 Å². The number of rotatable bonds is 5. The zero-order valence-electron chi connectivity index (χ0n) is 17.4. The van der Waals surface area contributed by atoms with Gasteiger partial charge >= 0.3 is 0 Å². The van der Waals surface area contributed by atoms with Crippen LogP contribution in [-0.2, 0) is 4.79 Å². The summed E-state index contributed by atoms with van der Waals surface area (Å²) >= 11 is 7.21. The van der Waals surface area contributed by atoms with Crippen LogP contribution in [0.4, 0.5) is 5.69 Å². The molecule has 1 fully saturated rings. The summed E-state index contributed by atoms with van der Waals surface area (Å²) < 4.78 is 5.59. The molecule has 2 amide bonds. The Bertz CT molecular complexity index is 1080. The second kappa shape index (κ2) is 9.11. The highest BCUT2D eigenvalue weighted by atomic mass is 35.5. The Kier molecular flexibility index (Phi) is 6.29. The highest BCUT2D eigenvalue weighted by Crippen LogP contribution is 2.29. The molecule has 0 saturated carbocycles. The fourth-order valence-corrected chi connectivity index (χ4v) is 4.55. The maximum absolute atomic E-state index is 12.6. The quantitative estimate of drug-likeness (QED) is 0.630. The van der Waals surface area contributed by atoms with E-state index in [4.69, 9.17) is 16.0 Å². The molecule has 1 aliphatic heterocycles. The van der Waals surface area contributed by atoms with Gasteiger partial charge in [0.2, 0.25) is 5.91 Å². The SMILES string of the molecule is Cc1ccc(-c2nc(C)c(C(=O)NCC(=O)N3CCN(c4ccc(Cl)cc4)CC3)s2)o1. The molecule has 0 aliphatic carbocycles. The Labute approximate surface area is 189 Å². The monoisotopic (exact) mass is 458 g/mol. The first-order valence-electron chi connectivity index (χ1n) is 10.0. The van der Waals surface area contributed by atoms with Crippen LogP contribution in [0.2, 0.25) is 5.02 Å². The number of piperazine rings is 1. The van der Waals surface area contributed by atoms with Crippen LogP contribution in [0.3, 0.4) is 0 Å². The summed E-state index contributed by atoms with van der Waals surface area (Å²) in [5, 5.41) is 4.10. The number of aryl methyl sites for hydroxylation is 2. The van der Waals surface area contributed by atoms with Gasteiger partial charge in [0.05, 0.1) is 12.2 Å². The number of halogens is 1. The van der Waals surface area contributed by atoms with Crippen LogP contribution in [0.25, 0.3) is 10.8 Å². The molecule has 162 valence electrons. The molecular formula is C22H23ClN4O3S. The lowest BCUT2D eigenvalue weighted by Gasteiger charge is -2.36. The van der Waals surface area contributed by atoms with Gasteiger partial charge in [0.15, 0.2) is 10.8 Å². The van der Waals surface area contributed by atoms with Crippen molar-refractivity contribution in [2.24, 2.45) is 0 Å². The van der Waals surface area contributed by atoms with Crippen molar-refractivity contribution in [1.29, 1.82) is 0 Å². The van der Waals surface area contributed by atoms with Crippen LogP contribution in [0.1, 0.15) is 21.1 Å². The smallest absolute Gasteiger partial charge is 0.263 e. The number of nitrogens with one attached hydrogen (secondary N) is 1. The number of hydrogen-bond acceptors (Lipinski definition) is 6. The number of amides is 2. The zero-order valence-corrected chi connectivity index (χ0v) is 18.9. The lowest BCUT2D eigenvalue weighted by molar-refractivity contribution is -0.130. The second-order valence-electron chi connectivity index (χ2n) is 7.37. The molecule has 0 radical (unpaired) electrons. The van der Waals surface area contributed by atoms with E-state index in [1.165, 1.54) is 11.3 Å². The lowest BCUT2D eigenvalue weighted by atomic mass is 10.2. The normalized spacial score (nSPS) is 14.0. The van der Waals surface area contributed by atoms with Gasteiger partial charge in [0, 0.05) is 36.9 Å². The van der Waals surface area contributed by atoms with Crippen LogP contribution >= 0.6 is 22.9 Å². The number of hydrogen-bond donors (Lipinski definition) is 1. The molecular weight excluding hydrogens is 436 g/mol. The van der Waals surface area contributed by atoms with Crippen LogP contribution in [0.15, 0.2) is 40.8 Å². The van der Waals surface area contributed by atoms with Gasteiger partial charge in [-0.1, -0.05) is 11.6 Å². The molecule has 1 N–H and O–H groups in total. The summed E-state index contributed by atoms with van der Waals surface area (Å²) in [6, 6.07) is 11.4. The Hall–Kier alpha value is -2.84. The molecule has 4 rings (SSSR count). The van der Waals surface area contributed by atoms with Gasteiger partial charge in [-0.25, -0.2) is 4.98 Å². The predicted molar refractivity (Wildman–Crippen MR) is 122 cm³/mol. The van der Waals surface area contributed by atoms with Gasteiger partial charge in [-0.15, -0.1) is 11.3 Å². The molecule has 0 spiro atoms. The summed E-state index contributed by atoms with van der Waals surface area (Å²) in [6.07, 6.45) is 0. The molecule has 3 aromatic rings. The highest BCUT2D eigenvalue weighted by Gasteiger charge is 2.23. The summed E-state index contributed by atoms with van der Waals surface area (Å²) in [6.45, 7) is 6.30. The Morgan fingerprint density at radius 3 is 2.45 bits per heavy atom. The van der Waals surface area contributed by atoms with Gasteiger partial charge in [-0.05, 0) is 50.2 Å². The Morgan fingerprint density at radius 1 is 1.10 bits per heavy atom. The summed E-state index contributed by atoms with van der Waals surface area (Å²) in [7, 11) is 0. The third-order valence-corrected chi connectivity index (χ3v) is 6.60. The average molecular weight is 459 g/mol. The van der Waals surface area contributed by atoms with Crippen molar-refractivity contribution < 1.29 is 14.0 Å². The van der Waals surface area contributed by atoms with Gasteiger partial charge in [-0.3, -0.25) is 9.59 Å². The minimum Gasteiger partial charge on any atom is -0.459 e. The fourth-order valence-electron chi connectivity index (χ4n) is 3.48. The van der Waals surface area contributed by atoms with Crippen molar-refractivity contribution in [3.05, 3.63) is 57.8 Å². The first kappa shape index (κ1) is 21.4. The number of thiazole rings is 1. The van der Waals surface area contributed by atoms with E-state index >= 15 is 0 Å². The van der Waals surface area contributed by atoms with Crippen LogP contribution in [-0.4, -0.2) is 54.4 Å². The molecule has 0 atom stereocenters. The van der Waals surface area contributed by atoms with Crippen LogP contribution in [0, 0.1) is 13.8 Å². The molecule has 3 heterocycles. The number of nitrogens with zero attached hydrogens (tertiary/aromatic N) is 3. The van der Waals surface area contributed by atoms with Gasteiger partial charge in [-0.2, -0.15) is 0 Å². The van der Waals surface area contributed by atoms with Crippen LogP contribution in [0.5, 0.6) is 0 Å². The standard InChI is InChI=1S/C22H23ClN4O3S/c1-14-3-8-18(30-14)22-25-15(2)20(31-22)21(29)24-13-19(28)27-11-9-26(10-12-27)17-6-4-16(23)5-7-17/h3-8H,9-13H2,1-2H3,(H,24,29). The van der Waals surface area contributed by atoms with E-state index in [0.29, 0.717) is 39.5 Å². The number of benzene rings is 1. The minimum absolute atomic E-state index is 0.0354. The lowest BCUT2D eigenvalue weighted by Crippen LogP contribution is -2.51. The first-order chi connectivity index (χ1) is 14.9. The first-order valence-corrected chi connectivity index (χ1v) is 11.2. The number of anilines is 1. The molecule has 1 aromatic carbocycles. The minimum atomic E-state index is -0.294. The molecule has 1 aliphatic rings. The molecule has 31 heavy (non-hydrogen) atoms. The fraction of sp³-hybridized carbons (Fsp3) is 0.318. The topological polar surface area (TPSA) is 78.7 Å². The summed E-state index contributed by atoms with van der Waals surface area (Å²) in [5.74, 6) is 1.04. The number of carbonyl (C=O) groups is 2. The van der Waals surface area contributed by atoms with E-state index in [1.54, 1.807) is 11.8 Å². The summed E-state index contributed by atoms with van der Waals surface area (Å²) in [5.41, 5.74) is 1.71. The van der Waals surface area contributed by atoms with E-state index in [0.717, 1.165) is 24.5 Å². The Balaban J connectivity index is 1.29. The van der Waals surface area contributed by atoms with E-state index in [2.05, 4.69) is 15.2 Å². The molecule has 2 aromatic heterocycles. The number of carbonyl (C=O) groups excluding carboxylic acids is 2. The van der Waals surface area contributed by atoms with Crippen molar-refractivity contribution in [3.8, 4) is 10.8 Å². The van der Waals surface area contributed by atoms with Gasteiger partial charge in [0.1, 0.15) is 10.6 Å². The third-order valence-electron chi connectivity index (χ3n) is 5.18. The van der Waals surface area contributed by atoms with E-state index in [1.807, 2.05) is 43.3 Å². The molecule has 0 bridgehead atoms. The maximum atomic E-state index is 12.6. The Morgan fingerprint density at radius 2 is 1.81 bits per heavy atom. The van der Waals surface area contributed by atoms with Crippen molar-refractivity contribution in [2.75, 3.05) is 37.6 Å². The van der Waals surface area contributed by atoms with Crippen molar-refractivity contribution in [3.63, 3.8) is 0 Å². The molecule has 0 unspecified atom stereocenters. The highest BCUT2D eigenvalue weighted by molar-refractivity contribution is 7.17. The predicted octanol–water partition coefficient (Wildman–Crippen LogP) is 3.75. The van der Waals surface area contributed by atoms with Gasteiger partial charge in [0.25, 0.3) is 5.91 Å². The average Bonchev–Trinajstić information content (AvgIpc) is 3.38. The van der Waals surface area contributed by atoms with Crippen molar-refractivity contribution in [1.82, 2.24) is 15.2 Å². The largest absolute Gasteiger partial charge is 0.459 e. The second-order valence-corrected chi connectivity index (χ2v) is 8.81. The third kappa shape index (κ3) is 4.91. The summed E-state index contributed by atoms with van der Waals surface area (Å²) in [4.78, 5) is 34.1. The van der Waals surface area contributed by atoms with Crippen molar-refractivity contribution in [2.45, 2.75) is 13.8 Å². The number of furan rings is 1.